The molecule has 3 aromatic rings. The fourth-order valence-corrected chi connectivity index (χ4v) is 4.28. The number of imidazole rings is 1. The quantitative estimate of drug-likeness (QED) is 0.652. The second-order valence-electron chi connectivity index (χ2n) is 7.98. The maximum absolute atomic E-state index is 13.1. The molecule has 1 N–H and O–H groups in total. The van der Waals surface area contributed by atoms with Crippen molar-refractivity contribution in [1.29, 1.82) is 0 Å². The van der Waals surface area contributed by atoms with E-state index in [-0.39, 0.29) is 12.1 Å². The van der Waals surface area contributed by atoms with Crippen molar-refractivity contribution in [3.05, 3.63) is 90.0 Å². The molecule has 1 aliphatic heterocycles. The SMILES string of the molecule is CCc1nccn1CC1CCN(C(=O)NC(c2ccccc2)c2ccccc2)CC1. The first-order chi connectivity index (χ1) is 14.7. The van der Waals surface area contributed by atoms with Crippen LogP contribution in [0.1, 0.15) is 42.8 Å². The first kappa shape index (κ1) is 20.2. The molecule has 1 aliphatic rings. The smallest absolute Gasteiger partial charge is 0.318 e. The Hall–Kier alpha value is -3.08. The highest BCUT2D eigenvalue weighted by atomic mass is 16.2. The van der Waals surface area contributed by atoms with E-state index in [9.17, 15) is 4.79 Å². The van der Waals surface area contributed by atoms with Gasteiger partial charge in [0, 0.05) is 38.4 Å². The summed E-state index contributed by atoms with van der Waals surface area (Å²) in [6.07, 6.45) is 6.96. The van der Waals surface area contributed by atoms with Crippen molar-refractivity contribution in [2.75, 3.05) is 13.1 Å². The Morgan fingerprint density at radius 2 is 1.63 bits per heavy atom. The van der Waals surface area contributed by atoms with Crippen molar-refractivity contribution in [3.63, 3.8) is 0 Å². The molecule has 5 nitrogen and oxygen atoms in total. The second-order valence-corrected chi connectivity index (χ2v) is 7.98. The number of aromatic nitrogens is 2. The van der Waals surface area contributed by atoms with Crippen molar-refractivity contribution in [2.24, 2.45) is 5.92 Å². The number of hydrogen-bond donors (Lipinski definition) is 1. The van der Waals surface area contributed by atoms with E-state index < -0.39 is 0 Å². The summed E-state index contributed by atoms with van der Waals surface area (Å²) in [5.41, 5.74) is 2.19. The molecule has 0 aliphatic carbocycles. The van der Waals surface area contributed by atoms with E-state index in [0.717, 1.165) is 55.8 Å². The van der Waals surface area contributed by atoms with Crippen LogP contribution in [0.15, 0.2) is 73.1 Å². The number of likely N-dealkylation sites (tertiary alicyclic amines) is 1. The molecule has 156 valence electrons. The summed E-state index contributed by atoms with van der Waals surface area (Å²) in [6.45, 7) is 4.73. The van der Waals surface area contributed by atoms with Crippen molar-refractivity contribution in [3.8, 4) is 0 Å². The maximum Gasteiger partial charge on any atom is 0.318 e. The number of rotatable bonds is 6. The van der Waals surface area contributed by atoms with Crippen LogP contribution < -0.4 is 5.32 Å². The third-order valence-electron chi connectivity index (χ3n) is 6.01. The summed E-state index contributed by atoms with van der Waals surface area (Å²) in [4.78, 5) is 19.5. The second kappa shape index (κ2) is 9.61. The van der Waals surface area contributed by atoms with Gasteiger partial charge >= 0.3 is 6.03 Å². The van der Waals surface area contributed by atoms with Crippen LogP contribution in [-0.2, 0) is 13.0 Å². The molecule has 0 saturated carbocycles. The predicted molar refractivity (Wildman–Crippen MR) is 119 cm³/mol. The summed E-state index contributed by atoms with van der Waals surface area (Å²) in [7, 11) is 0. The van der Waals surface area contributed by atoms with Crippen LogP contribution in [0, 0.1) is 5.92 Å². The largest absolute Gasteiger partial charge is 0.335 e. The highest BCUT2D eigenvalue weighted by Gasteiger charge is 2.26. The molecule has 0 atom stereocenters. The molecule has 30 heavy (non-hydrogen) atoms. The number of hydrogen-bond acceptors (Lipinski definition) is 2. The van der Waals surface area contributed by atoms with E-state index in [1.54, 1.807) is 0 Å². The number of aryl methyl sites for hydroxylation is 1. The van der Waals surface area contributed by atoms with E-state index in [2.05, 4.69) is 52.3 Å². The van der Waals surface area contributed by atoms with Gasteiger partial charge in [0.25, 0.3) is 0 Å². The Kier molecular flexibility index (Phi) is 6.47. The third kappa shape index (κ3) is 4.73. The Labute approximate surface area is 178 Å². The summed E-state index contributed by atoms with van der Waals surface area (Å²) in [6, 6.07) is 20.2. The number of nitrogens with one attached hydrogen (secondary N) is 1. The van der Waals surface area contributed by atoms with E-state index in [1.807, 2.05) is 47.5 Å². The van der Waals surface area contributed by atoms with Crippen LogP contribution in [0.25, 0.3) is 0 Å². The first-order valence-electron chi connectivity index (χ1n) is 10.9. The van der Waals surface area contributed by atoms with Gasteiger partial charge in [-0.3, -0.25) is 0 Å². The van der Waals surface area contributed by atoms with Gasteiger partial charge in [0.2, 0.25) is 0 Å². The molecule has 4 rings (SSSR count). The lowest BCUT2D eigenvalue weighted by Crippen LogP contribution is -2.46. The maximum atomic E-state index is 13.1. The molecular weight excluding hydrogens is 372 g/mol. The van der Waals surface area contributed by atoms with Gasteiger partial charge in [0.15, 0.2) is 0 Å². The first-order valence-corrected chi connectivity index (χ1v) is 10.9. The summed E-state index contributed by atoms with van der Waals surface area (Å²) < 4.78 is 2.27. The van der Waals surface area contributed by atoms with Crippen molar-refractivity contribution >= 4 is 6.03 Å². The Morgan fingerprint density at radius 3 is 2.20 bits per heavy atom. The number of amides is 2. The Morgan fingerprint density at radius 1 is 1.03 bits per heavy atom. The van der Waals surface area contributed by atoms with Gasteiger partial charge in [0.1, 0.15) is 5.82 Å². The van der Waals surface area contributed by atoms with E-state index in [0.29, 0.717) is 5.92 Å². The van der Waals surface area contributed by atoms with E-state index in [1.165, 1.54) is 0 Å². The normalized spacial score (nSPS) is 14.8. The van der Waals surface area contributed by atoms with Gasteiger partial charge in [-0.2, -0.15) is 0 Å². The number of benzene rings is 2. The molecule has 1 fully saturated rings. The highest BCUT2D eigenvalue weighted by Crippen LogP contribution is 2.24. The topological polar surface area (TPSA) is 50.2 Å². The van der Waals surface area contributed by atoms with Gasteiger partial charge in [-0.15, -0.1) is 0 Å². The molecular formula is C25H30N4O. The van der Waals surface area contributed by atoms with Gasteiger partial charge in [0.05, 0.1) is 6.04 Å². The van der Waals surface area contributed by atoms with Crippen LogP contribution in [0.4, 0.5) is 4.79 Å². The third-order valence-corrected chi connectivity index (χ3v) is 6.01. The van der Waals surface area contributed by atoms with E-state index >= 15 is 0 Å². The number of carbonyl (C=O) groups is 1. The molecule has 1 aromatic heterocycles. The van der Waals surface area contributed by atoms with Crippen molar-refractivity contribution < 1.29 is 4.79 Å². The lowest BCUT2D eigenvalue weighted by molar-refractivity contribution is 0.163. The number of carbonyl (C=O) groups excluding carboxylic acids is 1. The average molecular weight is 403 g/mol. The highest BCUT2D eigenvalue weighted by molar-refractivity contribution is 5.75. The van der Waals surface area contributed by atoms with Crippen LogP contribution in [0.3, 0.4) is 0 Å². The van der Waals surface area contributed by atoms with Gasteiger partial charge < -0.3 is 14.8 Å². The minimum Gasteiger partial charge on any atom is -0.335 e. The standard InChI is InChI=1S/C25H30N4O/c1-2-23-26-15-18-29(23)19-20-13-16-28(17-14-20)25(30)27-24(21-9-5-3-6-10-21)22-11-7-4-8-12-22/h3-12,15,18,20,24H,2,13-14,16-17,19H2,1H3,(H,27,30). The number of piperidine rings is 1. The van der Waals surface area contributed by atoms with Crippen molar-refractivity contribution in [2.45, 2.75) is 38.8 Å². The van der Waals surface area contributed by atoms with Gasteiger partial charge in [-0.1, -0.05) is 67.6 Å². The lowest BCUT2D eigenvalue weighted by atomic mass is 9.96. The van der Waals surface area contributed by atoms with Crippen LogP contribution in [0.2, 0.25) is 0 Å². The molecule has 0 unspecified atom stereocenters. The fraction of sp³-hybridized carbons (Fsp3) is 0.360. The summed E-state index contributed by atoms with van der Waals surface area (Å²) in [5.74, 6) is 1.73. The Bertz CT molecular complexity index is 891. The zero-order valence-electron chi connectivity index (χ0n) is 17.6. The zero-order chi connectivity index (χ0) is 20.8. The molecule has 0 bridgehead atoms. The molecule has 2 heterocycles. The van der Waals surface area contributed by atoms with Crippen LogP contribution >= 0.6 is 0 Å². The average Bonchev–Trinajstić information content (AvgIpc) is 3.26. The van der Waals surface area contributed by atoms with Gasteiger partial charge in [-0.05, 0) is 29.9 Å². The minimum absolute atomic E-state index is 0.0167. The molecule has 0 spiro atoms. The molecule has 0 radical (unpaired) electrons. The summed E-state index contributed by atoms with van der Waals surface area (Å²) in [5, 5.41) is 3.27. The van der Waals surface area contributed by atoms with Crippen molar-refractivity contribution in [1.82, 2.24) is 19.8 Å². The number of nitrogens with zero attached hydrogens (tertiary/aromatic N) is 3. The zero-order valence-corrected chi connectivity index (χ0v) is 17.6. The monoisotopic (exact) mass is 402 g/mol. The predicted octanol–water partition coefficient (Wildman–Crippen LogP) is 4.66. The minimum atomic E-state index is -0.143. The van der Waals surface area contributed by atoms with Gasteiger partial charge in [-0.25, -0.2) is 9.78 Å². The van der Waals surface area contributed by atoms with Crippen LogP contribution in [-0.4, -0.2) is 33.6 Å². The molecule has 5 heteroatoms. The van der Waals surface area contributed by atoms with Crippen LogP contribution in [0.5, 0.6) is 0 Å². The fourth-order valence-electron chi connectivity index (χ4n) is 4.28. The van der Waals surface area contributed by atoms with E-state index in [4.69, 9.17) is 0 Å². The Balaban J connectivity index is 1.38. The summed E-state index contributed by atoms with van der Waals surface area (Å²) >= 11 is 0. The lowest BCUT2D eigenvalue weighted by Gasteiger charge is -2.33. The molecule has 2 amide bonds. The number of urea groups is 1. The molecule has 1 saturated heterocycles. The molecule has 2 aromatic carbocycles.